The number of anilines is 2. The molecule has 0 spiro atoms. The molecule has 3 aromatic rings. The van der Waals surface area contributed by atoms with Gasteiger partial charge in [0.15, 0.2) is 11.6 Å². The van der Waals surface area contributed by atoms with E-state index in [0.29, 0.717) is 42.5 Å². The number of hydrogen-bond donors (Lipinski definition) is 3. The molecule has 0 saturated carbocycles. The summed E-state index contributed by atoms with van der Waals surface area (Å²) in [6, 6.07) is 7.26. The number of rotatable bonds is 6. The highest BCUT2D eigenvalue weighted by Gasteiger charge is 2.29. The molecule has 0 radical (unpaired) electrons. The number of piperidine rings is 1. The molecule has 4 heterocycles. The van der Waals surface area contributed by atoms with Crippen LogP contribution >= 0.6 is 0 Å². The molecule has 0 unspecified atom stereocenters. The van der Waals surface area contributed by atoms with Gasteiger partial charge in [-0.15, -0.1) is 0 Å². The molecule has 14 nitrogen and oxygen atoms in total. The minimum absolute atomic E-state index is 0.262. The lowest BCUT2D eigenvalue weighted by Crippen LogP contribution is -2.46. The van der Waals surface area contributed by atoms with Crippen LogP contribution in [0.2, 0.25) is 0 Å². The fraction of sp³-hybridized carbons (Fsp3) is 0.562. The molecule has 14 heteroatoms. The second-order valence-corrected chi connectivity index (χ2v) is 13.0. The first-order valence-corrected chi connectivity index (χ1v) is 15.5. The second kappa shape index (κ2) is 14.9. The van der Waals surface area contributed by atoms with Gasteiger partial charge in [0.25, 0.3) is 0 Å². The van der Waals surface area contributed by atoms with Crippen molar-refractivity contribution in [3.05, 3.63) is 30.0 Å². The van der Waals surface area contributed by atoms with Crippen LogP contribution in [0, 0.1) is 0 Å². The maximum Gasteiger partial charge on any atom is 0.408 e. The number of carbonyl (C=O) groups is 3. The minimum atomic E-state index is -0.873. The molecule has 46 heavy (non-hydrogen) atoms. The first kappa shape index (κ1) is 34.6. The Kier molecular flexibility index (Phi) is 11.2. The van der Waals surface area contributed by atoms with Crippen molar-refractivity contribution in [1.82, 2.24) is 30.7 Å². The molecule has 2 aliphatic heterocycles. The van der Waals surface area contributed by atoms with Gasteiger partial charge in [-0.25, -0.2) is 19.6 Å². The van der Waals surface area contributed by atoms with Gasteiger partial charge in [-0.1, -0.05) is 5.16 Å². The largest absolute Gasteiger partial charge is 0.444 e. The number of aldehydes is 1. The molecule has 2 aliphatic rings. The summed E-state index contributed by atoms with van der Waals surface area (Å²) < 4.78 is 16.4. The van der Waals surface area contributed by atoms with Gasteiger partial charge in [0.2, 0.25) is 5.58 Å². The molecule has 0 bridgehead atoms. The predicted octanol–water partition coefficient (Wildman–Crippen LogP) is 4.17. The summed E-state index contributed by atoms with van der Waals surface area (Å²) in [4.78, 5) is 47.5. The predicted molar refractivity (Wildman–Crippen MR) is 175 cm³/mol. The van der Waals surface area contributed by atoms with Crippen LogP contribution in [0.3, 0.4) is 0 Å². The van der Waals surface area contributed by atoms with E-state index in [1.54, 1.807) is 41.7 Å². The summed E-state index contributed by atoms with van der Waals surface area (Å²) >= 11 is 0. The highest BCUT2D eigenvalue weighted by molar-refractivity contribution is 5.90. The number of alkyl carbamates (subject to hydrolysis) is 1. The summed E-state index contributed by atoms with van der Waals surface area (Å²) in [7, 11) is 3.73. The van der Waals surface area contributed by atoms with Gasteiger partial charge in [0, 0.05) is 37.3 Å². The van der Waals surface area contributed by atoms with E-state index in [0.717, 1.165) is 61.6 Å². The Labute approximate surface area is 269 Å². The number of urea groups is 1. The third-order valence-corrected chi connectivity index (χ3v) is 7.49. The van der Waals surface area contributed by atoms with Crippen molar-refractivity contribution in [2.24, 2.45) is 0 Å². The van der Waals surface area contributed by atoms with Crippen LogP contribution in [0.1, 0.15) is 59.1 Å². The van der Waals surface area contributed by atoms with E-state index in [1.807, 2.05) is 24.3 Å². The van der Waals surface area contributed by atoms with Gasteiger partial charge in [-0.05, 0) is 91.9 Å². The number of hydrogen-bond acceptors (Lipinski definition) is 11. The van der Waals surface area contributed by atoms with E-state index in [4.69, 9.17) is 24.0 Å². The van der Waals surface area contributed by atoms with E-state index in [2.05, 4.69) is 38.0 Å². The number of amides is 3. The minimum Gasteiger partial charge on any atom is -0.444 e. The molecule has 0 aliphatic carbocycles. The van der Waals surface area contributed by atoms with Crippen molar-refractivity contribution in [2.45, 2.75) is 64.5 Å². The lowest BCUT2D eigenvalue weighted by Gasteiger charge is -2.28. The maximum atomic E-state index is 11.6. The number of fused-ring (bicyclic) bond motifs is 1. The first-order chi connectivity index (χ1) is 21.8. The Balaban J connectivity index is 0.000000315. The average Bonchev–Trinajstić information content (AvgIpc) is 3.45. The Morgan fingerprint density at radius 2 is 1.65 bits per heavy atom. The lowest BCUT2D eigenvalue weighted by molar-refractivity contribution is -0.112. The van der Waals surface area contributed by atoms with Crippen molar-refractivity contribution in [2.75, 3.05) is 63.7 Å². The third kappa shape index (κ3) is 9.36. The van der Waals surface area contributed by atoms with Crippen LogP contribution in [0.4, 0.5) is 21.1 Å². The summed E-state index contributed by atoms with van der Waals surface area (Å²) in [5.74, 6) is 1.70. The number of carbonyl (C=O) groups excluding carboxylic acids is 3. The zero-order valence-electron chi connectivity index (χ0n) is 27.8. The Hall–Kier alpha value is -4.30. The molecule has 5 rings (SSSR count). The number of morpholine rings is 1. The van der Waals surface area contributed by atoms with Crippen molar-refractivity contribution in [3.8, 4) is 11.4 Å². The Morgan fingerprint density at radius 1 is 1.00 bits per heavy atom. The van der Waals surface area contributed by atoms with E-state index < -0.39 is 17.2 Å². The zero-order valence-corrected chi connectivity index (χ0v) is 27.8. The fourth-order valence-electron chi connectivity index (χ4n) is 5.00. The smallest absolute Gasteiger partial charge is 0.408 e. The summed E-state index contributed by atoms with van der Waals surface area (Å²) in [5.41, 5.74) is 2.52. The van der Waals surface area contributed by atoms with Gasteiger partial charge < -0.3 is 44.5 Å². The number of ether oxygens (including phenoxy) is 2. The van der Waals surface area contributed by atoms with E-state index in [-0.39, 0.29) is 6.03 Å². The summed E-state index contributed by atoms with van der Waals surface area (Å²) in [5, 5.41) is 12.2. The number of aromatic nitrogens is 3. The molecule has 2 aromatic heterocycles. The van der Waals surface area contributed by atoms with Gasteiger partial charge >= 0.3 is 12.1 Å². The number of benzene rings is 1. The number of likely N-dealkylation sites (tertiary alicyclic amines) is 1. The number of nitrogens with one attached hydrogen (secondary N) is 3. The lowest BCUT2D eigenvalue weighted by atomic mass is 9.93. The monoisotopic (exact) mass is 638 g/mol. The molecular formula is C32H46N8O6. The third-order valence-electron chi connectivity index (χ3n) is 7.49. The molecule has 250 valence electrons. The molecule has 0 atom stereocenters. The van der Waals surface area contributed by atoms with Crippen LogP contribution in [0.25, 0.3) is 22.5 Å². The molecule has 3 N–H and O–H groups in total. The SMILES string of the molecule is CC(C)(C=O)NC(=O)OC(C)(C)C.CNC(=O)Nc1ccc(-c2nc(N3CCOCC3)c3onc(C4CCN(C)CC4)c3n2)cc1. The van der Waals surface area contributed by atoms with Gasteiger partial charge in [0.1, 0.15) is 23.1 Å². The van der Waals surface area contributed by atoms with Crippen LogP contribution in [0.5, 0.6) is 0 Å². The van der Waals surface area contributed by atoms with Crippen LogP contribution in [-0.2, 0) is 14.3 Å². The molecule has 2 saturated heterocycles. The molecule has 3 amide bonds. The zero-order chi connectivity index (χ0) is 33.5. The summed E-state index contributed by atoms with van der Waals surface area (Å²) in [6.45, 7) is 13.3. The maximum absolute atomic E-state index is 11.6. The second-order valence-electron chi connectivity index (χ2n) is 13.0. The number of nitrogens with zero attached hydrogens (tertiary/aromatic N) is 5. The Bertz CT molecular complexity index is 1490. The first-order valence-electron chi connectivity index (χ1n) is 15.5. The van der Waals surface area contributed by atoms with Gasteiger partial charge in [-0.2, -0.15) is 0 Å². The standard InChI is InChI=1S/C23H29N7O3.C9H17NO3/c1-24-23(31)25-17-5-3-16(4-6-17)21-26-19-18(15-7-9-29(2)10-8-15)28-33-20(19)22(27-21)30-11-13-32-14-12-30;1-8(2,3)13-7(12)10-9(4,5)6-11/h3-6,15H,7-14H2,1-2H3,(H2,24,25,31);6H,1-5H3,(H,10,12). The van der Waals surface area contributed by atoms with Crippen LogP contribution in [0.15, 0.2) is 28.8 Å². The van der Waals surface area contributed by atoms with Crippen molar-refractivity contribution >= 4 is 41.0 Å². The highest BCUT2D eigenvalue weighted by atomic mass is 16.6. The molecular weight excluding hydrogens is 592 g/mol. The molecule has 1 aromatic carbocycles. The van der Waals surface area contributed by atoms with E-state index >= 15 is 0 Å². The fourth-order valence-corrected chi connectivity index (χ4v) is 5.00. The van der Waals surface area contributed by atoms with Crippen molar-refractivity contribution < 1.29 is 28.4 Å². The highest BCUT2D eigenvalue weighted by Crippen LogP contribution is 2.36. The normalized spacial score (nSPS) is 16.3. The van der Waals surface area contributed by atoms with Crippen LogP contribution < -0.4 is 20.9 Å². The van der Waals surface area contributed by atoms with Gasteiger partial charge in [0.05, 0.1) is 18.8 Å². The van der Waals surface area contributed by atoms with Crippen molar-refractivity contribution in [1.29, 1.82) is 0 Å². The van der Waals surface area contributed by atoms with Crippen molar-refractivity contribution in [3.63, 3.8) is 0 Å². The molecule has 2 fully saturated rings. The van der Waals surface area contributed by atoms with E-state index in [1.165, 1.54) is 0 Å². The van der Waals surface area contributed by atoms with Gasteiger partial charge in [-0.3, -0.25) is 0 Å². The van der Waals surface area contributed by atoms with E-state index in [9.17, 15) is 14.4 Å². The Morgan fingerprint density at radius 3 is 2.24 bits per heavy atom. The average molecular weight is 639 g/mol. The topological polar surface area (TPSA) is 164 Å². The summed E-state index contributed by atoms with van der Waals surface area (Å²) in [6.07, 6.45) is 2.15. The quantitative estimate of drug-likeness (QED) is 0.332. The van der Waals surface area contributed by atoms with Crippen LogP contribution in [-0.4, -0.2) is 103 Å².